The molecule has 0 unspecified atom stereocenters. The molecule has 2 N–H and O–H groups in total. The molecule has 0 fully saturated rings. The summed E-state index contributed by atoms with van der Waals surface area (Å²) in [6, 6.07) is 0. The van der Waals surface area contributed by atoms with E-state index in [4.69, 9.17) is 5.84 Å². The van der Waals surface area contributed by atoms with Crippen molar-refractivity contribution in [2.24, 2.45) is 5.84 Å². The van der Waals surface area contributed by atoms with Gasteiger partial charge in [0.25, 0.3) is 0 Å². The van der Waals surface area contributed by atoms with Crippen LogP contribution >= 0.6 is 15.9 Å². The minimum absolute atomic E-state index is 0.839. The molecule has 0 aliphatic heterocycles. The van der Waals surface area contributed by atoms with Crippen LogP contribution < -0.4 is 5.84 Å². The number of hydrogen-bond donors (Lipinski definition) is 1. The van der Waals surface area contributed by atoms with Gasteiger partial charge < -0.3 is 0 Å². The van der Waals surface area contributed by atoms with Crippen LogP contribution in [0, 0.1) is 0 Å². The van der Waals surface area contributed by atoms with Gasteiger partial charge in [0, 0.05) is 18.9 Å². The molecule has 0 heterocycles. The molecule has 0 aromatic rings. The van der Waals surface area contributed by atoms with Crippen molar-refractivity contribution in [3.63, 3.8) is 0 Å². The number of hydrazine groups is 1. The van der Waals surface area contributed by atoms with Crippen LogP contribution in [-0.4, -0.2) is 23.9 Å². The van der Waals surface area contributed by atoms with Crippen molar-refractivity contribution in [1.29, 1.82) is 0 Å². The van der Waals surface area contributed by atoms with Crippen molar-refractivity contribution < 1.29 is 0 Å². The molecule has 0 bridgehead atoms. The molecule has 0 aromatic heterocycles. The minimum Gasteiger partial charge on any atom is -0.269 e. The van der Waals surface area contributed by atoms with E-state index in [1.165, 1.54) is 5.57 Å². The summed E-state index contributed by atoms with van der Waals surface area (Å²) >= 11 is 3.30. The lowest BCUT2D eigenvalue weighted by Gasteiger charge is -2.08. The summed E-state index contributed by atoms with van der Waals surface area (Å²) in [5.41, 5.74) is 1.29. The van der Waals surface area contributed by atoms with Gasteiger partial charge in [-0.25, -0.2) is 5.01 Å². The van der Waals surface area contributed by atoms with E-state index in [9.17, 15) is 0 Å². The number of nitrogens with zero attached hydrogens (tertiary/aromatic N) is 1. The second kappa shape index (κ2) is 4.97. The maximum atomic E-state index is 5.40. The van der Waals surface area contributed by atoms with Gasteiger partial charge in [-0.15, -0.1) is 0 Å². The highest BCUT2D eigenvalue weighted by Gasteiger charge is 1.89. The largest absolute Gasteiger partial charge is 0.269 e. The smallest absolute Gasteiger partial charge is 0.0333 e. The van der Waals surface area contributed by atoms with Crippen LogP contribution in [0.2, 0.25) is 0 Å². The van der Waals surface area contributed by atoms with Crippen LogP contribution in [-0.2, 0) is 0 Å². The summed E-state index contributed by atoms with van der Waals surface area (Å²) < 4.78 is 0. The van der Waals surface area contributed by atoms with Gasteiger partial charge in [0.1, 0.15) is 0 Å². The molecule has 0 saturated heterocycles. The van der Waals surface area contributed by atoms with Crippen molar-refractivity contribution in [1.82, 2.24) is 5.01 Å². The van der Waals surface area contributed by atoms with Gasteiger partial charge in [0.2, 0.25) is 0 Å². The standard InChI is InChI=1S/C6H13BrN2/c1-6(3-4-7)5-9(2)8/h3H,4-5,8H2,1-2H3. The first kappa shape index (κ1) is 9.14. The van der Waals surface area contributed by atoms with Gasteiger partial charge in [-0.3, -0.25) is 5.84 Å². The minimum atomic E-state index is 0.839. The van der Waals surface area contributed by atoms with Crippen molar-refractivity contribution in [3.8, 4) is 0 Å². The van der Waals surface area contributed by atoms with Gasteiger partial charge in [-0.05, 0) is 6.92 Å². The first-order chi connectivity index (χ1) is 4.16. The van der Waals surface area contributed by atoms with E-state index in [1.807, 2.05) is 7.05 Å². The van der Waals surface area contributed by atoms with E-state index in [2.05, 4.69) is 28.9 Å². The van der Waals surface area contributed by atoms with E-state index < -0.39 is 0 Å². The first-order valence-electron chi connectivity index (χ1n) is 2.84. The Hall–Kier alpha value is 0.140. The topological polar surface area (TPSA) is 29.3 Å². The summed E-state index contributed by atoms with van der Waals surface area (Å²) in [5.74, 6) is 5.40. The normalized spacial score (nSPS) is 12.8. The predicted molar refractivity (Wildman–Crippen MR) is 44.4 cm³/mol. The summed E-state index contributed by atoms with van der Waals surface area (Å²) in [6.07, 6.45) is 2.10. The van der Waals surface area contributed by atoms with Gasteiger partial charge in [0.15, 0.2) is 0 Å². The number of allylic oxidation sites excluding steroid dienone is 1. The lowest BCUT2D eigenvalue weighted by atomic mass is 10.3. The van der Waals surface area contributed by atoms with E-state index in [-0.39, 0.29) is 0 Å². The number of halogens is 1. The average molecular weight is 193 g/mol. The van der Waals surface area contributed by atoms with Crippen LogP contribution in [0.15, 0.2) is 11.6 Å². The fourth-order valence-electron chi connectivity index (χ4n) is 0.590. The molecule has 0 spiro atoms. The molecule has 0 radical (unpaired) electrons. The molecular formula is C6H13BrN2. The Balaban J connectivity index is 3.49. The Morgan fingerprint density at radius 3 is 2.67 bits per heavy atom. The zero-order valence-corrected chi connectivity index (χ0v) is 7.48. The van der Waals surface area contributed by atoms with Gasteiger partial charge in [-0.1, -0.05) is 27.6 Å². The van der Waals surface area contributed by atoms with Crippen LogP contribution in [0.3, 0.4) is 0 Å². The lowest BCUT2D eigenvalue weighted by molar-refractivity contribution is 0.380. The monoisotopic (exact) mass is 192 g/mol. The predicted octanol–water partition coefficient (Wildman–Crippen LogP) is 1.13. The molecule has 0 aliphatic rings. The highest BCUT2D eigenvalue weighted by molar-refractivity contribution is 9.09. The maximum absolute atomic E-state index is 5.40. The molecule has 0 amide bonds. The van der Waals surface area contributed by atoms with Gasteiger partial charge >= 0.3 is 0 Å². The third-order valence-corrected chi connectivity index (χ3v) is 1.25. The van der Waals surface area contributed by atoms with Crippen LogP contribution in [0.25, 0.3) is 0 Å². The van der Waals surface area contributed by atoms with E-state index in [0.29, 0.717) is 0 Å². The average Bonchev–Trinajstić information content (AvgIpc) is 1.63. The first-order valence-corrected chi connectivity index (χ1v) is 3.96. The lowest BCUT2D eigenvalue weighted by Crippen LogP contribution is -2.27. The highest BCUT2D eigenvalue weighted by Crippen LogP contribution is 1.94. The zero-order valence-electron chi connectivity index (χ0n) is 5.89. The van der Waals surface area contributed by atoms with Crippen LogP contribution in [0.1, 0.15) is 6.92 Å². The number of hydrogen-bond acceptors (Lipinski definition) is 2. The van der Waals surface area contributed by atoms with Gasteiger partial charge in [0.05, 0.1) is 0 Å². The van der Waals surface area contributed by atoms with E-state index in [0.717, 1.165) is 11.9 Å². The summed E-state index contributed by atoms with van der Waals surface area (Å²) in [5, 5.41) is 2.57. The van der Waals surface area contributed by atoms with E-state index in [1.54, 1.807) is 5.01 Å². The van der Waals surface area contributed by atoms with Crippen LogP contribution in [0.4, 0.5) is 0 Å². The summed E-state index contributed by atoms with van der Waals surface area (Å²) in [6.45, 7) is 2.90. The molecule has 54 valence electrons. The molecule has 9 heavy (non-hydrogen) atoms. The summed E-state index contributed by atoms with van der Waals surface area (Å²) in [4.78, 5) is 0. The Kier molecular flexibility index (Phi) is 5.04. The number of likely N-dealkylation sites (N-methyl/N-ethyl adjacent to an activating group) is 1. The second-order valence-electron chi connectivity index (χ2n) is 2.12. The number of alkyl halides is 1. The van der Waals surface area contributed by atoms with Crippen molar-refractivity contribution in [3.05, 3.63) is 11.6 Å². The highest BCUT2D eigenvalue weighted by atomic mass is 79.9. The Bertz CT molecular complexity index is 99.2. The molecular weight excluding hydrogens is 180 g/mol. The fourth-order valence-corrected chi connectivity index (χ4v) is 1.14. The molecule has 0 aromatic carbocycles. The van der Waals surface area contributed by atoms with E-state index >= 15 is 0 Å². The Morgan fingerprint density at radius 1 is 1.78 bits per heavy atom. The molecule has 0 aliphatic carbocycles. The zero-order chi connectivity index (χ0) is 7.28. The number of rotatable bonds is 3. The molecule has 0 rings (SSSR count). The fraction of sp³-hybridized carbons (Fsp3) is 0.667. The Morgan fingerprint density at radius 2 is 2.33 bits per heavy atom. The van der Waals surface area contributed by atoms with Crippen molar-refractivity contribution in [2.45, 2.75) is 6.92 Å². The van der Waals surface area contributed by atoms with Crippen LogP contribution in [0.5, 0.6) is 0 Å². The third kappa shape index (κ3) is 6.02. The SMILES string of the molecule is CC(=CCBr)CN(C)N. The quantitative estimate of drug-likeness (QED) is 0.315. The Labute approximate surface area is 64.8 Å². The van der Waals surface area contributed by atoms with Gasteiger partial charge in [-0.2, -0.15) is 0 Å². The molecule has 0 atom stereocenters. The number of nitrogens with two attached hydrogens (primary N) is 1. The molecule has 2 nitrogen and oxygen atoms in total. The van der Waals surface area contributed by atoms with Crippen molar-refractivity contribution in [2.75, 3.05) is 18.9 Å². The molecule has 3 heteroatoms. The third-order valence-electron chi connectivity index (χ3n) is 0.924. The maximum Gasteiger partial charge on any atom is 0.0333 e. The molecule has 0 saturated carbocycles. The summed E-state index contributed by atoms with van der Waals surface area (Å²) in [7, 11) is 1.85. The van der Waals surface area contributed by atoms with Crippen molar-refractivity contribution >= 4 is 15.9 Å². The second-order valence-corrected chi connectivity index (χ2v) is 2.77.